The van der Waals surface area contributed by atoms with Gasteiger partial charge in [0.1, 0.15) is 0 Å². The van der Waals surface area contributed by atoms with E-state index in [1.54, 1.807) is 14.2 Å². The molecule has 7 aromatic rings. The van der Waals surface area contributed by atoms with Gasteiger partial charge in [-0.05, 0) is 59.2 Å². The number of hydrogen-bond acceptors (Lipinski definition) is 6. The summed E-state index contributed by atoms with van der Waals surface area (Å²) in [6.45, 7) is 2.01. The van der Waals surface area contributed by atoms with Crippen LogP contribution >= 0.6 is 0 Å². The Labute approximate surface area is 281 Å². The van der Waals surface area contributed by atoms with Gasteiger partial charge in [0.15, 0.2) is 0 Å². The Balaban J connectivity index is 1.69. The minimum absolute atomic E-state index is 0.376. The molecule has 5 aromatic carbocycles. The van der Waals surface area contributed by atoms with Gasteiger partial charge in [-0.3, -0.25) is 0 Å². The molecule has 0 aliphatic rings. The SMILES string of the molecule is CCC(O)Cc1ccc(-c2c(-c3cc4ccccc4nc3OC)c(-c3cc4ccccc4nc3OC)c(N(C)C)c3ccccc23)cc1. The lowest BCUT2D eigenvalue weighted by molar-refractivity contribution is 0.171. The first-order valence-corrected chi connectivity index (χ1v) is 16.3. The number of aromatic nitrogens is 2. The van der Waals surface area contributed by atoms with E-state index in [0.29, 0.717) is 24.6 Å². The van der Waals surface area contributed by atoms with Gasteiger partial charge in [0, 0.05) is 52.5 Å². The largest absolute Gasteiger partial charge is 0.481 e. The number of rotatable bonds is 9. The van der Waals surface area contributed by atoms with Crippen molar-refractivity contribution >= 4 is 38.3 Å². The predicted molar refractivity (Wildman–Crippen MR) is 198 cm³/mol. The van der Waals surface area contributed by atoms with E-state index >= 15 is 0 Å². The lowest BCUT2D eigenvalue weighted by Crippen LogP contribution is -2.13. The van der Waals surface area contributed by atoms with Crippen LogP contribution in [0.25, 0.3) is 66.0 Å². The summed E-state index contributed by atoms with van der Waals surface area (Å²) >= 11 is 0. The molecule has 0 saturated carbocycles. The molecule has 0 saturated heterocycles. The van der Waals surface area contributed by atoms with E-state index in [-0.39, 0.29) is 6.10 Å². The average Bonchev–Trinajstić information content (AvgIpc) is 3.12. The number of aliphatic hydroxyl groups excluding tert-OH is 1. The molecular formula is C42H39N3O3. The number of aliphatic hydroxyl groups is 1. The van der Waals surface area contributed by atoms with Crippen molar-refractivity contribution in [2.75, 3.05) is 33.2 Å². The van der Waals surface area contributed by atoms with Gasteiger partial charge < -0.3 is 19.5 Å². The highest BCUT2D eigenvalue weighted by Crippen LogP contribution is 2.54. The van der Waals surface area contributed by atoms with Crippen molar-refractivity contribution in [2.45, 2.75) is 25.9 Å². The summed E-state index contributed by atoms with van der Waals surface area (Å²) in [7, 11) is 7.53. The quantitative estimate of drug-likeness (QED) is 0.171. The van der Waals surface area contributed by atoms with Gasteiger partial charge in [0.05, 0.1) is 37.0 Å². The van der Waals surface area contributed by atoms with E-state index in [1.165, 1.54) is 0 Å². The van der Waals surface area contributed by atoms with Crippen LogP contribution in [0.4, 0.5) is 5.69 Å². The maximum Gasteiger partial charge on any atom is 0.221 e. The van der Waals surface area contributed by atoms with Crippen molar-refractivity contribution in [2.24, 2.45) is 0 Å². The van der Waals surface area contributed by atoms with Crippen molar-refractivity contribution in [3.05, 3.63) is 115 Å². The summed E-state index contributed by atoms with van der Waals surface area (Å²) in [5, 5.41) is 14.6. The number of benzene rings is 5. The van der Waals surface area contributed by atoms with E-state index in [0.717, 1.165) is 77.2 Å². The second kappa shape index (κ2) is 13.0. The third-order valence-electron chi connectivity index (χ3n) is 9.12. The summed E-state index contributed by atoms with van der Waals surface area (Å²) in [6, 6.07) is 37.8. The van der Waals surface area contributed by atoms with Gasteiger partial charge in [-0.25, -0.2) is 9.97 Å². The fourth-order valence-electron chi connectivity index (χ4n) is 6.81. The van der Waals surface area contributed by atoms with Gasteiger partial charge in [-0.15, -0.1) is 0 Å². The molecule has 0 amide bonds. The average molecular weight is 634 g/mol. The highest BCUT2D eigenvalue weighted by Gasteiger charge is 2.29. The topological polar surface area (TPSA) is 67.7 Å². The molecule has 1 atom stereocenters. The van der Waals surface area contributed by atoms with Crippen molar-refractivity contribution in [3.63, 3.8) is 0 Å². The van der Waals surface area contributed by atoms with Gasteiger partial charge in [-0.2, -0.15) is 0 Å². The van der Waals surface area contributed by atoms with E-state index < -0.39 is 0 Å². The standard InChI is InChI=1S/C42H39N3O3/c1-6-30(46)23-26-19-21-27(22-20-26)37-31-15-9-10-16-32(31)40(45(2)3)39(34-25-29-14-8-12-18-36(29)44-42(34)48-5)38(37)33-24-28-13-7-11-17-35(28)43-41(33)47-4/h7-22,24-25,30,46H,6,23H2,1-5H3. The number of hydrogen-bond donors (Lipinski definition) is 1. The van der Waals surface area contributed by atoms with Crippen LogP contribution in [0.5, 0.6) is 11.8 Å². The lowest BCUT2D eigenvalue weighted by Gasteiger charge is -2.28. The Morgan fingerprint density at radius 3 is 1.71 bits per heavy atom. The summed E-state index contributed by atoms with van der Waals surface area (Å²) in [5.41, 5.74) is 9.65. The van der Waals surface area contributed by atoms with Gasteiger partial charge >= 0.3 is 0 Å². The van der Waals surface area contributed by atoms with E-state index in [1.807, 2.05) is 43.3 Å². The first-order chi connectivity index (χ1) is 23.4. The molecule has 0 aliphatic heterocycles. The van der Waals surface area contributed by atoms with Crippen LogP contribution in [0.1, 0.15) is 18.9 Å². The van der Waals surface area contributed by atoms with Gasteiger partial charge in [-0.1, -0.05) is 91.9 Å². The molecule has 1 unspecified atom stereocenters. The zero-order valence-electron chi connectivity index (χ0n) is 28.0. The molecule has 0 bridgehead atoms. The summed E-state index contributed by atoms with van der Waals surface area (Å²) in [5.74, 6) is 1.07. The second-order valence-corrected chi connectivity index (χ2v) is 12.4. The third-order valence-corrected chi connectivity index (χ3v) is 9.12. The number of ether oxygens (including phenoxy) is 2. The molecule has 240 valence electrons. The highest BCUT2D eigenvalue weighted by atomic mass is 16.5. The van der Waals surface area contributed by atoms with Crippen LogP contribution in [0, 0.1) is 0 Å². The Morgan fingerprint density at radius 2 is 1.17 bits per heavy atom. The first kappa shape index (κ1) is 31.2. The van der Waals surface area contributed by atoms with E-state index in [2.05, 4.69) is 91.8 Å². The second-order valence-electron chi connectivity index (χ2n) is 12.4. The highest BCUT2D eigenvalue weighted by molar-refractivity contribution is 6.19. The zero-order chi connectivity index (χ0) is 33.4. The summed E-state index contributed by atoms with van der Waals surface area (Å²) < 4.78 is 12.2. The molecule has 2 heterocycles. The fraction of sp³-hybridized carbons (Fsp3) is 0.190. The lowest BCUT2D eigenvalue weighted by atomic mass is 9.82. The smallest absolute Gasteiger partial charge is 0.221 e. The number of para-hydroxylation sites is 2. The Bertz CT molecular complexity index is 2280. The Kier molecular flexibility index (Phi) is 8.42. The molecule has 1 N–H and O–H groups in total. The maximum atomic E-state index is 10.4. The first-order valence-electron chi connectivity index (χ1n) is 16.3. The molecule has 6 heteroatoms. The Morgan fingerprint density at radius 1 is 0.646 bits per heavy atom. The molecule has 0 fully saturated rings. The van der Waals surface area contributed by atoms with Crippen LogP contribution in [-0.4, -0.2) is 49.5 Å². The van der Waals surface area contributed by atoms with Crippen molar-refractivity contribution < 1.29 is 14.6 Å². The van der Waals surface area contributed by atoms with Crippen LogP contribution in [0.15, 0.2) is 109 Å². The molecule has 48 heavy (non-hydrogen) atoms. The third kappa shape index (κ3) is 5.48. The van der Waals surface area contributed by atoms with Crippen LogP contribution < -0.4 is 14.4 Å². The minimum atomic E-state index is -0.376. The van der Waals surface area contributed by atoms with Crippen LogP contribution in [0.3, 0.4) is 0 Å². The van der Waals surface area contributed by atoms with Crippen molar-refractivity contribution in [1.29, 1.82) is 0 Å². The molecule has 6 nitrogen and oxygen atoms in total. The molecule has 2 aromatic heterocycles. The number of nitrogens with zero attached hydrogens (tertiary/aromatic N) is 3. The number of pyridine rings is 2. The molecule has 0 radical (unpaired) electrons. The van der Waals surface area contributed by atoms with Crippen LogP contribution in [-0.2, 0) is 6.42 Å². The number of anilines is 1. The number of fused-ring (bicyclic) bond motifs is 3. The normalized spacial score (nSPS) is 12.0. The van der Waals surface area contributed by atoms with E-state index in [4.69, 9.17) is 19.4 Å². The van der Waals surface area contributed by atoms with Crippen molar-refractivity contribution in [3.8, 4) is 45.1 Å². The molecule has 0 spiro atoms. The van der Waals surface area contributed by atoms with Crippen molar-refractivity contribution in [1.82, 2.24) is 9.97 Å². The monoisotopic (exact) mass is 633 g/mol. The molecule has 0 aliphatic carbocycles. The van der Waals surface area contributed by atoms with Gasteiger partial charge in [0.2, 0.25) is 11.8 Å². The minimum Gasteiger partial charge on any atom is -0.481 e. The zero-order valence-corrected chi connectivity index (χ0v) is 28.0. The van der Waals surface area contributed by atoms with Gasteiger partial charge in [0.25, 0.3) is 0 Å². The molecular weight excluding hydrogens is 594 g/mol. The fourth-order valence-corrected chi connectivity index (χ4v) is 6.81. The Hall–Kier alpha value is -5.46. The molecule has 7 rings (SSSR count). The summed E-state index contributed by atoms with van der Waals surface area (Å²) in [6.07, 6.45) is 0.943. The predicted octanol–water partition coefficient (Wildman–Crippen LogP) is 9.33. The summed E-state index contributed by atoms with van der Waals surface area (Å²) in [4.78, 5) is 12.2. The maximum absolute atomic E-state index is 10.4. The van der Waals surface area contributed by atoms with E-state index in [9.17, 15) is 5.11 Å². The number of methoxy groups -OCH3 is 2. The van der Waals surface area contributed by atoms with Crippen LogP contribution in [0.2, 0.25) is 0 Å².